The van der Waals surface area contributed by atoms with Crippen molar-refractivity contribution in [3.8, 4) is 0 Å². The van der Waals surface area contributed by atoms with Crippen LogP contribution < -0.4 is 5.32 Å². The SMILES string of the molecule is Cc1nc(CN2CCN(CC(=O)NCC(c3ccccc3Cl)N3CCCC3)CC2)cs1. The molecule has 2 aliphatic rings. The first-order valence-electron chi connectivity index (χ1n) is 11.2. The summed E-state index contributed by atoms with van der Waals surface area (Å²) in [5.74, 6) is 0.0971. The molecule has 31 heavy (non-hydrogen) atoms. The maximum Gasteiger partial charge on any atom is 0.234 e. The largest absolute Gasteiger partial charge is 0.353 e. The Bertz CT molecular complexity index is 861. The van der Waals surface area contributed by atoms with Crippen LogP contribution >= 0.6 is 22.9 Å². The second kappa shape index (κ2) is 10.9. The van der Waals surface area contributed by atoms with Gasteiger partial charge in [0.2, 0.25) is 5.91 Å². The quantitative estimate of drug-likeness (QED) is 0.654. The van der Waals surface area contributed by atoms with Crippen LogP contribution in [0.2, 0.25) is 5.02 Å². The van der Waals surface area contributed by atoms with Gasteiger partial charge in [-0.2, -0.15) is 0 Å². The van der Waals surface area contributed by atoms with Gasteiger partial charge < -0.3 is 5.32 Å². The van der Waals surface area contributed by atoms with Crippen molar-refractivity contribution in [1.82, 2.24) is 25.0 Å². The fraction of sp³-hybridized carbons (Fsp3) is 0.565. The lowest BCUT2D eigenvalue weighted by Crippen LogP contribution is -2.49. The number of nitrogens with one attached hydrogen (secondary N) is 1. The van der Waals surface area contributed by atoms with Crippen molar-refractivity contribution in [3.63, 3.8) is 0 Å². The Morgan fingerprint density at radius 1 is 1.13 bits per heavy atom. The topological polar surface area (TPSA) is 51.7 Å². The first kappa shape index (κ1) is 22.7. The van der Waals surface area contributed by atoms with Crippen molar-refractivity contribution in [3.05, 3.63) is 50.9 Å². The zero-order chi connectivity index (χ0) is 21.6. The predicted octanol–water partition coefficient (Wildman–Crippen LogP) is 3.18. The highest BCUT2D eigenvalue weighted by atomic mass is 35.5. The van der Waals surface area contributed by atoms with Crippen LogP contribution in [-0.4, -0.2) is 77.9 Å². The molecule has 3 heterocycles. The molecule has 0 aliphatic carbocycles. The monoisotopic (exact) mass is 461 g/mol. The summed E-state index contributed by atoms with van der Waals surface area (Å²) in [5, 5.41) is 7.22. The van der Waals surface area contributed by atoms with Gasteiger partial charge in [-0.3, -0.25) is 19.5 Å². The third-order valence-corrected chi connectivity index (χ3v) is 7.39. The number of benzene rings is 1. The molecule has 2 saturated heterocycles. The van der Waals surface area contributed by atoms with Crippen molar-refractivity contribution in [2.45, 2.75) is 32.4 Å². The van der Waals surface area contributed by atoms with Crippen LogP contribution in [0.3, 0.4) is 0 Å². The molecule has 6 nitrogen and oxygen atoms in total. The van der Waals surface area contributed by atoms with Crippen LogP contribution in [0.4, 0.5) is 0 Å². The minimum absolute atomic E-state index is 0.0971. The molecule has 0 spiro atoms. The van der Waals surface area contributed by atoms with E-state index in [0.717, 1.165) is 67.1 Å². The van der Waals surface area contributed by atoms with Gasteiger partial charge in [0, 0.05) is 49.7 Å². The zero-order valence-corrected chi connectivity index (χ0v) is 19.8. The number of carbonyl (C=O) groups is 1. The lowest BCUT2D eigenvalue weighted by molar-refractivity contribution is -0.123. The third kappa shape index (κ3) is 6.26. The van der Waals surface area contributed by atoms with E-state index in [0.29, 0.717) is 13.1 Å². The Morgan fingerprint density at radius 2 is 1.84 bits per heavy atom. The number of carbonyl (C=O) groups excluding carboxylic acids is 1. The van der Waals surface area contributed by atoms with E-state index in [1.54, 1.807) is 11.3 Å². The molecule has 1 N–H and O–H groups in total. The summed E-state index contributed by atoms with van der Waals surface area (Å²) in [4.78, 5) is 24.4. The highest BCUT2D eigenvalue weighted by Gasteiger charge is 2.26. The first-order chi connectivity index (χ1) is 15.1. The minimum Gasteiger partial charge on any atom is -0.353 e. The number of rotatable bonds is 8. The Balaban J connectivity index is 1.25. The molecule has 0 radical (unpaired) electrons. The fourth-order valence-corrected chi connectivity index (χ4v) is 5.38. The van der Waals surface area contributed by atoms with Gasteiger partial charge in [-0.15, -0.1) is 11.3 Å². The van der Waals surface area contributed by atoms with Crippen LogP contribution in [0, 0.1) is 6.92 Å². The van der Waals surface area contributed by atoms with E-state index in [-0.39, 0.29) is 11.9 Å². The minimum atomic E-state index is 0.0971. The van der Waals surface area contributed by atoms with Crippen LogP contribution in [0.15, 0.2) is 29.6 Å². The first-order valence-corrected chi connectivity index (χ1v) is 12.4. The number of hydrogen-bond donors (Lipinski definition) is 1. The smallest absolute Gasteiger partial charge is 0.234 e. The number of likely N-dealkylation sites (tertiary alicyclic amines) is 1. The normalized spacial score (nSPS) is 19.5. The summed E-state index contributed by atoms with van der Waals surface area (Å²) in [7, 11) is 0. The van der Waals surface area contributed by atoms with Crippen molar-refractivity contribution in [1.29, 1.82) is 0 Å². The van der Waals surface area contributed by atoms with Crippen molar-refractivity contribution < 1.29 is 4.79 Å². The molecule has 2 fully saturated rings. The maximum absolute atomic E-state index is 12.7. The number of piperazine rings is 1. The van der Waals surface area contributed by atoms with Crippen LogP contribution in [0.1, 0.15) is 35.1 Å². The fourth-order valence-electron chi connectivity index (χ4n) is 4.52. The zero-order valence-electron chi connectivity index (χ0n) is 18.2. The van der Waals surface area contributed by atoms with Gasteiger partial charge in [0.05, 0.1) is 23.3 Å². The van der Waals surface area contributed by atoms with E-state index in [1.807, 2.05) is 25.1 Å². The number of aromatic nitrogens is 1. The lowest BCUT2D eigenvalue weighted by atomic mass is 10.1. The maximum atomic E-state index is 12.7. The van der Waals surface area contributed by atoms with E-state index < -0.39 is 0 Å². The Labute approximate surface area is 194 Å². The van der Waals surface area contributed by atoms with Gasteiger partial charge in [0.15, 0.2) is 0 Å². The van der Waals surface area contributed by atoms with Crippen LogP contribution in [0.25, 0.3) is 0 Å². The van der Waals surface area contributed by atoms with Gasteiger partial charge in [-0.1, -0.05) is 29.8 Å². The number of aryl methyl sites for hydroxylation is 1. The van der Waals surface area contributed by atoms with Crippen molar-refractivity contribution >= 4 is 28.8 Å². The number of hydrogen-bond acceptors (Lipinski definition) is 6. The second-order valence-corrected chi connectivity index (χ2v) is 9.96. The van der Waals surface area contributed by atoms with Crippen LogP contribution in [0.5, 0.6) is 0 Å². The number of nitrogens with zero attached hydrogens (tertiary/aromatic N) is 4. The lowest BCUT2D eigenvalue weighted by Gasteiger charge is -2.34. The molecule has 1 aromatic heterocycles. The summed E-state index contributed by atoms with van der Waals surface area (Å²) >= 11 is 8.19. The van der Waals surface area contributed by atoms with E-state index in [4.69, 9.17) is 11.6 Å². The Morgan fingerprint density at radius 3 is 2.52 bits per heavy atom. The number of thiazole rings is 1. The average Bonchev–Trinajstić information content (AvgIpc) is 3.43. The van der Waals surface area contributed by atoms with Crippen molar-refractivity contribution in [2.24, 2.45) is 0 Å². The molecule has 2 aliphatic heterocycles. The van der Waals surface area contributed by atoms with Gasteiger partial charge >= 0.3 is 0 Å². The molecule has 0 saturated carbocycles. The molecule has 0 bridgehead atoms. The van der Waals surface area contributed by atoms with Gasteiger partial charge in [0.25, 0.3) is 0 Å². The molecule has 4 rings (SSSR count). The molecule has 1 unspecified atom stereocenters. The van der Waals surface area contributed by atoms with Crippen LogP contribution in [-0.2, 0) is 11.3 Å². The molecule has 8 heteroatoms. The molecule has 1 aromatic carbocycles. The van der Waals surface area contributed by atoms with Gasteiger partial charge in [-0.25, -0.2) is 4.98 Å². The highest BCUT2D eigenvalue weighted by molar-refractivity contribution is 7.09. The molecular weight excluding hydrogens is 430 g/mol. The summed E-state index contributed by atoms with van der Waals surface area (Å²) in [6.45, 7) is 9.90. The number of halogens is 1. The molecule has 168 valence electrons. The molecule has 2 aromatic rings. The Kier molecular flexibility index (Phi) is 7.96. The van der Waals surface area contributed by atoms with E-state index in [9.17, 15) is 4.79 Å². The van der Waals surface area contributed by atoms with Gasteiger partial charge in [-0.05, 0) is 44.5 Å². The summed E-state index contributed by atoms with van der Waals surface area (Å²) < 4.78 is 0. The standard InChI is InChI=1S/C23H32ClN5OS/c1-18-26-19(17-31-18)15-27-10-12-28(13-11-27)16-23(30)25-14-22(29-8-4-5-9-29)20-6-2-3-7-21(20)24/h2-3,6-7,17,22H,4-5,8-16H2,1H3,(H,25,30). The third-order valence-electron chi connectivity index (χ3n) is 6.22. The van der Waals surface area contributed by atoms with E-state index in [2.05, 4.69) is 36.4 Å². The van der Waals surface area contributed by atoms with Gasteiger partial charge in [0.1, 0.15) is 0 Å². The average molecular weight is 462 g/mol. The summed E-state index contributed by atoms with van der Waals surface area (Å²) in [5.41, 5.74) is 2.26. The van der Waals surface area contributed by atoms with E-state index >= 15 is 0 Å². The van der Waals surface area contributed by atoms with E-state index in [1.165, 1.54) is 12.8 Å². The molecular formula is C23H32ClN5OS. The summed E-state index contributed by atoms with van der Waals surface area (Å²) in [6.07, 6.45) is 2.42. The Hall–Kier alpha value is -1.51. The highest BCUT2D eigenvalue weighted by Crippen LogP contribution is 2.29. The number of amides is 1. The van der Waals surface area contributed by atoms with Crippen molar-refractivity contribution in [2.75, 3.05) is 52.4 Å². The summed E-state index contributed by atoms with van der Waals surface area (Å²) in [6, 6.07) is 8.15. The second-order valence-electron chi connectivity index (χ2n) is 8.49. The predicted molar refractivity (Wildman–Crippen MR) is 127 cm³/mol. The molecule has 1 atom stereocenters. The molecule has 1 amide bonds.